The molecular weight excluding hydrogens is 280 g/mol. The van der Waals surface area contributed by atoms with Crippen LogP contribution in [0.15, 0.2) is 54.3 Å². The highest BCUT2D eigenvalue weighted by molar-refractivity contribution is 5.98. The quantitative estimate of drug-likeness (QED) is 0.792. The van der Waals surface area contributed by atoms with Crippen LogP contribution in [0.1, 0.15) is 24.2 Å². The Labute approximate surface area is 130 Å². The van der Waals surface area contributed by atoms with E-state index in [4.69, 9.17) is 9.84 Å². The van der Waals surface area contributed by atoms with Crippen molar-refractivity contribution in [3.05, 3.63) is 59.9 Å². The summed E-state index contributed by atoms with van der Waals surface area (Å²) in [6.45, 7) is 3.58. The summed E-state index contributed by atoms with van der Waals surface area (Å²) in [4.78, 5) is 12.6. The van der Waals surface area contributed by atoms with Gasteiger partial charge in [0.05, 0.1) is 12.2 Å². The second kappa shape index (κ2) is 6.90. The fraction of sp³-hybridized carbons (Fsp3) is 0.389. The number of aliphatic hydroxyl groups is 2. The smallest absolute Gasteiger partial charge is 0.166 e. The number of benzene rings is 1. The molecule has 22 heavy (non-hydrogen) atoms. The number of Topliss-reactive ketones (excluding diaryl/α,β-unsaturated/α-hetero) is 1. The molecule has 1 aromatic carbocycles. The third-order valence-electron chi connectivity index (χ3n) is 3.95. The summed E-state index contributed by atoms with van der Waals surface area (Å²) in [5, 5.41) is 19.4. The van der Waals surface area contributed by atoms with E-state index in [0.29, 0.717) is 11.3 Å². The number of ether oxygens (including phenoxy) is 1. The topological polar surface area (TPSA) is 66.8 Å². The van der Waals surface area contributed by atoms with Crippen molar-refractivity contribution in [1.29, 1.82) is 0 Å². The molecule has 118 valence electrons. The van der Waals surface area contributed by atoms with E-state index in [9.17, 15) is 9.90 Å². The third-order valence-corrected chi connectivity index (χ3v) is 3.95. The van der Waals surface area contributed by atoms with Crippen molar-refractivity contribution >= 4 is 5.78 Å². The molecule has 0 heterocycles. The highest BCUT2D eigenvalue weighted by atomic mass is 16.5. The van der Waals surface area contributed by atoms with Gasteiger partial charge in [0.1, 0.15) is 12.4 Å². The summed E-state index contributed by atoms with van der Waals surface area (Å²) in [7, 11) is 0. The summed E-state index contributed by atoms with van der Waals surface area (Å²) in [6, 6.07) is 9.09. The van der Waals surface area contributed by atoms with Crippen molar-refractivity contribution in [1.82, 2.24) is 0 Å². The fourth-order valence-corrected chi connectivity index (χ4v) is 2.78. The Morgan fingerprint density at radius 1 is 1.36 bits per heavy atom. The number of hydrogen-bond acceptors (Lipinski definition) is 4. The first-order valence-corrected chi connectivity index (χ1v) is 7.42. The van der Waals surface area contributed by atoms with Crippen molar-refractivity contribution in [2.24, 2.45) is 11.8 Å². The van der Waals surface area contributed by atoms with E-state index in [-0.39, 0.29) is 30.8 Å². The molecule has 0 saturated carbocycles. The Morgan fingerprint density at radius 3 is 2.64 bits per heavy atom. The summed E-state index contributed by atoms with van der Waals surface area (Å²) in [5.41, 5.74) is -0.533. The van der Waals surface area contributed by atoms with Gasteiger partial charge >= 0.3 is 0 Å². The molecule has 4 nitrogen and oxygen atoms in total. The van der Waals surface area contributed by atoms with Crippen LogP contribution in [-0.2, 0) is 4.74 Å². The molecule has 3 unspecified atom stereocenters. The van der Waals surface area contributed by atoms with Gasteiger partial charge in [0.25, 0.3) is 0 Å². The Kier molecular flexibility index (Phi) is 5.16. The van der Waals surface area contributed by atoms with Crippen LogP contribution in [0.2, 0.25) is 0 Å². The van der Waals surface area contributed by atoms with Crippen molar-refractivity contribution < 1.29 is 19.7 Å². The lowest BCUT2D eigenvalue weighted by Gasteiger charge is -2.35. The van der Waals surface area contributed by atoms with Crippen molar-refractivity contribution in [3.63, 3.8) is 0 Å². The molecule has 4 heteroatoms. The van der Waals surface area contributed by atoms with Crippen LogP contribution in [0.25, 0.3) is 0 Å². The van der Waals surface area contributed by atoms with Gasteiger partial charge in [-0.25, -0.2) is 0 Å². The van der Waals surface area contributed by atoms with Gasteiger partial charge in [0.2, 0.25) is 0 Å². The van der Waals surface area contributed by atoms with E-state index in [1.165, 1.54) is 0 Å². The minimum Gasteiger partial charge on any atom is -0.491 e. The third kappa shape index (κ3) is 3.64. The highest BCUT2D eigenvalue weighted by Crippen LogP contribution is 2.34. The lowest BCUT2D eigenvalue weighted by Crippen LogP contribution is -2.40. The number of rotatable bonds is 6. The lowest BCUT2D eigenvalue weighted by molar-refractivity contribution is 0.0324. The minimum atomic E-state index is -1.18. The molecule has 0 radical (unpaired) electrons. The van der Waals surface area contributed by atoms with Gasteiger partial charge in [-0.1, -0.05) is 43.3 Å². The molecule has 0 fully saturated rings. The molecule has 2 N–H and O–H groups in total. The van der Waals surface area contributed by atoms with Gasteiger partial charge in [-0.2, -0.15) is 0 Å². The van der Waals surface area contributed by atoms with Crippen molar-refractivity contribution in [2.45, 2.75) is 19.4 Å². The number of carbonyl (C=O) groups excluding carboxylic acids is 1. The largest absolute Gasteiger partial charge is 0.491 e. The summed E-state index contributed by atoms with van der Waals surface area (Å²) in [5.74, 6) is -0.177. The number of carbonyl (C=O) groups is 1. The van der Waals surface area contributed by atoms with Gasteiger partial charge in [0, 0.05) is 17.4 Å². The maximum atomic E-state index is 12.6. The van der Waals surface area contributed by atoms with Gasteiger partial charge in [-0.05, 0) is 19.1 Å². The van der Waals surface area contributed by atoms with Gasteiger partial charge in [-0.3, -0.25) is 4.79 Å². The second-order valence-corrected chi connectivity index (χ2v) is 5.75. The van der Waals surface area contributed by atoms with Crippen LogP contribution in [0.5, 0.6) is 0 Å². The molecule has 0 aliphatic heterocycles. The van der Waals surface area contributed by atoms with Crippen LogP contribution < -0.4 is 0 Å². The fourth-order valence-electron chi connectivity index (χ4n) is 2.78. The summed E-state index contributed by atoms with van der Waals surface area (Å²) >= 11 is 0. The van der Waals surface area contributed by atoms with E-state index >= 15 is 0 Å². The molecule has 2 rings (SSSR count). The Balaban J connectivity index is 2.14. The van der Waals surface area contributed by atoms with E-state index in [0.717, 1.165) is 0 Å². The number of allylic oxidation sites excluding steroid dienone is 1. The maximum absolute atomic E-state index is 12.6. The van der Waals surface area contributed by atoms with Crippen molar-refractivity contribution in [3.8, 4) is 0 Å². The van der Waals surface area contributed by atoms with E-state index in [1.807, 2.05) is 25.1 Å². The van der Waals surface area contributed by atoms with Crippen LogP contribution in [0, 0.1) is 11.8 Å². The van der Waals surface area contributed by atoms with E-state index in [1.54, 1.807) is 37.3 Å². The molecule has 1 aromatic rings. The summed E-state index contributed by atoms with van der Waals surface area (Å²) < 4.78 is 5.32. The van der Waals surface area contributed by atoms with E-state index in [2.05, 4.69) is 0 Å². The maximum Gasteiger partial charge on any atom is 0.166 e. The first kappa shape index (κ1) is 16.5. The Bertz CT molecular complexity index is 572. The van der Waals surface area contributed by atoms with Crippen LogP contribution in [-0.4, -0.2) is 34.8 Å². The Morgan fingerprint density at radius 2 is 2.05 bits per heavy atom. The monoisotopic (exact) mass is 302 g/mol. The molecule has 1 aliphatic rings. The molecule has 0 spiro atoms. The standard InChI is InChI=1S/C18H22O4/c1-13(17(20)14-6-4-3-5-7-14)16-9-8-15(22-11-10-19)12-18(16,2)21/h3-9,12-13,16,19,21H,10-11H2,1-2H3. The van der Waals surface area contributed by atoms with E-state index < -0.39 is 5.60 Å². The van der Waals surface area contributed by atoms with Gasteiger partial charge in [0.15, 0.2) is 5.78 Å². The molecule has 3 atom stereocenters. The van der Waals surface area contributed by atoms with Gasteiger partial charge < -0.3 is 14.9 Å². The highest BCUT2D eigenvalue weighted by Gasteiger charge is 2.38. The second-order valence-electron chi connectivity index (χ2n) is 5.75. The average Bonchev–Trinajstić information content (AvgIpc) is 2.51. The molecule has 0 bridgehead atoms. The van der Waals surface area contributed by atoms with Crippen molar-refractivity contribution in [2.75, 3.05) is 13.2 Å². The minimum absolute atomic E-state index is 0.00338. The molecule has 0 aromatic heterocycles. The molecule has 0 amide bonds. The number of aliphatic hydroxyl groups excluding tert-OH is 1. The predicted octanol–water partition coefficient (Wildman–Crippen LogP) is 2.34. The first-order valence-electron chi connectivity index (χ1n) is 7.42. The molecule has 1 aliphatic carbocycles. The number of ketones is 1. The zero-order valence-electron chi connectivity index (χ0n) is 12.9. The lowest BCUT2D eigenvalue weighted by atomic mass is 9.74. The normalized spacial score (nSPS) is 25.5. The Hall–Kier alpha value is -1.91. The van der Waals surface area contributed by atoms with Crippen LogP contribution >= 0.6 is 0 Å². The number of hydrogen-bond donors (Lipinski definition) is 2. The zero-order valence-corrected chi connectivity index (χ0v) is 12.9. The molecular formula is C18H22O4. The van der Waals surface area contributed by atoms with Crippen LogP contribution in [0.4, 0.5) is 0 Å². The zero-order chi connectivity index (χ0) is 16.2. The summed E-state index contributed by atoms with van der Waals surface area (Å²) in [6.07, 6.45) is 5.15. The SMILES string of the molecule is CC(C(=O)c1ccccc1)C1C=CC(OCCO)=CC1(C)O. The molecule has 0 saturated heterocycles. The average molecular weight is 302 g/mol. The van der Waals surface area contributed by atoms with Crippen LogP contribution in [0.3, 0.4) is 0 Å². The predicted molar refractivity (Wildman–Crippen MR) is 84.3 cm³/mol. The first-order chi connectivity index (χ1) is 10.5. The van der Waals surface area contributed by atoms with Gasteiger partial charge in [-0.15, -0.1) is 0 Å².